The maximum Gasteiger partial charge on any atom is 0.267 e. The number of carbonyl (C=O) groups is 2. The van der Waals surface area contributed by atoms with E-state index < -0.39 is 31.9 Å². The second-order valence-corrected chi connectivity index (χ2v) is 18.1. The lowest BCUT2D eigenvalue weighted by Gasteiger charge is -2.11. The Hall–Kier alpha value is -4.70. The minimum Gasteiger partial charge on any atom is -0.321 e. The molecule has 2 amide bonds. The number of hydrogen-bond acceptors (Lipinski definition) is 8. The molecule has 0 saturated heterocycles. The van der Waals surface area contributed by atoms with Gasteiger partial charge in [0, 0.05) is 21.4 Å². The van der Waals surface area contributed by atoms with E-state index in [1.165, 1.54) is 12.1 Å². The van der Waals surface area contributed by atoms with Gasteiger partial charge in [-0.15, -0.1) is 22.7 Å². The molecule has 6 rings (SSSR count). The fraction of sp³-hybridized carbons (Fsp3) is 0.105. The summed E-state index contributed by atoms with van der Waals surface area (Å²) < 4.78 is 55.5. The molecule has 54 heavy (non-hydrogen) atoms. The lowest BCUT2D eigenvalue weighted by atomic mass is 10.0. The Balaban J connectivity index is 0.000000208. The summed E-state index contributed by atoms with van der Waals surface area (Å²) in [6.45, 7) is 5.96. The summed E-state index contributed by atoms with van der Waals surface area (Å²) in [5, 5.41) is 9.74. The number of benzene rings is 4. The van der Waals surface area contributed by atoms with E-state index in [2.05, 4.69) is 20.1 Å². The second-order valence-electron chi connectivity index (χ2n) is 12.0. The number of hydrogen-bond donors (Lipinski definition) is 4. The van der Waals surface area contributed by atoms with Gasteiger partial charge in [0.25, 0.3) is 31.9 Å². The van der Waals surface area contributed by atoms with E-state index in [0.29, 0.717) is 27.3 Å². The first-order valence-electron chi connectivity index (χ1n) is 16.1. The quantitative estimate of drug-likeness (QED) is 0.102. The van der Waals surface area contributed by atoms with Crippen LogP contribution in [0.1, 0.15) is 50.2 Å². The summed E-state index contributed by atoms with van der Waals surface area (Å²) in [4.78, 5) is 25.9. The van der Waals surface area contributed by atoms with E-state index in [1.807, 2.05) is 20.8 Å². The lowest BCUT2D eigenvalue weighted by Crippen LogP contribution is -2.17. The third-order valence-corrected chi connectivity index (χ3v) is 12.6. The Morgan fingerprint density at radius 3 is 1.39 bits per heavy atom. The Morgan fingerprint density at radius 1 is 0.593 bits per heavy atom. The van der Waals surface area contributed by atoms with Crippen molar-refractivity contribution in [1.29, 1.82) is 0 Å². The predicted octanol–water partition coefficient (Wildman–Crippen LogP) is 10.3. The third kappa shape index (κ3) is 10.7. The number of rotatable bonds is 11. The number of thiophene rings is 2. The van der Waals surface area contributed by atoms with Crippen LogP contribution in [0.2, 0.25) is 10.0 Å². The van der Waals surface area contributed by atoms with Crippen LogP contribution in [0.15, 0.2) is 130 Å². The molecule has 0 saturated carbocycles. The van der Waals surface area contributed by atoms with E-state index in [0.717, 1.165) is 33.8 Å². The topological polar surface area (TPSA) is 151 Å². The number of carbonyl (C=O) groups excluding carboxylic acids is 2. The van der Waals surface area contributed by atoms with Crippen molar-refractivity contribution in [1.82, 2.24) is 0 Å². The van der Waals surface area contributed by atoms with Gasteiger partial charge in [0.15, 0.2) is 0 Å². The van der Waals surface area contributed by atoms with Gasteiger partial charge in [-0.2, -0.15) is 0 Å². The van der Waals surface area contributed by atoms with Gasteiger partial charge in [0.2, 0.25) is 0 Å². The first kappa shape index (κ1) is 40.5. The highest BCUT2D eigenvalue weighted by atomic mass is 35.5. The number of anilines is 4. The minimum atomic E-state index is -3.81. The molecule has 2 aromatic heterocycles. The summed E-state index contributed by atoms with van der Waals surface area (Å²) in [6.07, 6.45) is 0. The van der Waals surface area contributed by atoms with Gasteiger partial charge in [0.05, 0.1) is 21.2 Å². The minimum absolute atomic E-state index is 0.135. The van der Waals surface area contributed by atoms with Crippen molar-refractivity contribution in [3.8, 4) is 0 Å². The Labute approximate surface area is 332 Å². The van der Waals surface area contributed by atoms with Crippen LogP contribution in [0.25, 0.3) is 0 Å². The van der Waals surface area contributed by atoms with E-state index in [4.69, 9.17) is 23.2 Å². The van der Waals surface area contributed by atoms with Crippen molar-refractivity contribution in [3.05, 3.63) is 151 Å². The van der Waals surface area contributed by atoms with Crippen LogP contribution in [0.3, 0.4) is 0 Å². The molecule has 2 heterocycles. The van der Waals surface area contributed by atoms with E-state index >= 15 is 0 Å². The molecule has 0 aliphatic rings. The Kier molecular flexibility index (Phi) is 13.2. The number of aryl methyl sites for hydroxylation is 1. The molecule has 0 unspecified atom stereocenters. The largest absolute Gasteiger partial charge is 0.321 e. The van der Waals surface area contributed by atoms with Crippen LogP contribution in [-0.4, -0.2) is 28.6 Å². The Morgan fingerprint density at radius 2 is 1.00 bits per heavy atom. The summed E-state index contributed by atoms with van der Waals surface area (Å²) in [6, 6.07) is 29.8. The van der Waals surface area contributed by atoms with E-state index in [9.17, 15) is 26.4 Å². The normalized spacial score (nSPS) is 11.3. The maximum absolute atomic E-state index is 12.7. The highest BCUT2D eigenvalue weighted by molar-refractivity contribution is 7.93. The number of sulfonamides is 2. The molecule has 280 valence electrons. The monoisotopic (exact) mass is 840 g/mol. The molecule has 0 aliphatic heterocycles. The van der Waals surface area contributed by atoms with E-state index in [-0.39, 0.29) is 30.9 Å². The fourth-order valence-electron chi connectivity index (χ4n) is 4.80. The van der Waals surface area contributed by atoms with Crippen molar-refractivity contribution in [2.75, 3.05) is 20.1 Å². The third-order valence-electron chi connectivity index (χ3n) is 7.58. The SMILES string of the molecule is CC(C)c1ccc(S(=O)(=O)Nc2ccsc2C(=O)Nc2cccc(Cl)c2)cc1.Cc1ccc(S(=O)(=O)Nc2ccsc2C(=O)Nc2cccc(Cl)c2)cc1. The van der Waals surface area contributed by atoms with Crippen molar-refractivity contribution in [2.45, 2.75) is 36.5 Å². The molecular formula is C38H34Cl2N4O6S4. The zero-order valence-corrected chi connectivity index (χ0v) is 33.7. The zero-order valence-electron chi connectivity index (χ0n) is 29.0. The Bertz CT molecular complexity index is 2480. The van der Waals surface area contributed by atoms with Gasteiger partial charge in [0.1, 0.15) is 9.75 Å². The van der Waals surface area contributed by atoms with Crippen molar-refractivity contribution >= 4 is 100 Å². The zero-order chi connectivity index (χ0) is 39.0. The summed E-state index contributed by atoms with van der Waals surface area (Å²) in [5.41, 5.74) is 3.54. The van der Waals surface area contributed by atoms with Gasteiger partial charge in [-0.3, -0.25) is 19.0 Å². The molecule has 0 aliphatic carbocycles. The number of halogens is 2. The highest BCUT2D eigenvalue weighted by Crippen LogP contribution is 2.29. The molecule has 0 radical (unpaired) electrons. The number of nitrogens with one attached hydrogen (secondary N) is 4. The first-order valence-corrected chi connectivity index (χ1v) is 21.6. The fourth-order valence-corrected chi connectivity index (χ4v) is 8.94. The van der Waals surface area contributed by atoms with E-state index in [1.54, 1.807) is 108 Å². The van der Waals surface area contributed by atoms with Crippen molar-refractivity contribution in [3.63, 3.8) is 0 Å². The van der Waals surface area contributed by atoms with Gasteiger partial charge < -0.3 is 10.6 Å². The molecule has 4 N–H and O–H groups in total. The van der Waals surface area contributed by atoms with Crippen molar-refractivity contribution in [2.24, 2.45) is 0 Å². The van der Waals surface area contributed by atoms with Crippen LogP contribution >= 0.6 is 45.9 Å². The molecule has 16 heteroatoms. The van der Waals surface area contributed by atoms with Crippen LogP contribution in [0, 0.1) is 6.92 Å². The average Bonchev–Trinajstić information content (AvgIpc) is 3.78. The molecule has 10 nitrogen and oxygen atoms in total. The molecule has 6 aromatic rings. The average molecular weight is 842 g/mol. The number of amides is 2. The molecule has 0 atom stereocenters. The second kappa shape index (κ2) is 17.6. The van der Waals surface area contributed by atoms with Gasteiger partial charge in [-0.25, -0.2) is 16.8 Å². The van der Waals surface area contributed by atoms with Gasteiger partial charge in [-0.05, 0) is 102 Å². The molecule has 0 spiro atoms. The highest BCUT2D eigenvalue weighted by Gasteiger charge is 2.22. The molecule has 4 aromatic carbocycles. The molecular weight excluding hydrogens is 808 g/mol. The summed E-state index contributed by atoms with van der Waals surface area (Å²) in [7, 11) is -7.59. The summed E-state index contributed by atoms with van der Waals surface area (Å²) in [5.74, 6) is -0.516. The van der Waals surface area contributed by atoms with Crippen LogP contribution in [-0.2, 0) is 20.0 Å². The maximum atomic E-state index is 12.7. The smallest absolute Gasteiger partial charge is 0.267 e. The van der Waals surface area contributed by atoms with Gasteiger partial charge in [-0.1, -0.05) is 79.0 Å². The van der Waals surface area contributed by atoms with Crippen LogP contribution in [0.5, 0.6) is 0 Å². The standard InChI is InChI=1S/C20H19ClN2O3S2.C18H15ClN2O3S2/c1-13(2)14-6-8-17(9-7-14)28(25,26)23-18-10-11-27-19(18)20(24)22-16-5-3-4-15(21)12-16;1-12-5-7-15(8-6-12)26(23,24)21-16-9-10-25-17(16)18(22)20-14-4-2-3-13(19)11-14/h3-13,23H,1-2H3,(H,22,24);2-11,21H,1H3,(H,20,22). The first-order chi connectivity index (χ1) is 25.6. The molecule has 0 bridgehead atoms. The predicted molar refractivity (Wildman–Crippen MR) is 221 cm³/mol. The van der Waals surface area contributed by atoms with Crippen LogP contribution in [0.4, 0.5) is 22.7 Å². The van der Waals surface area contributed by atoms with Gasteiger partial charge >= 0.3 is 0 Å². The molecule has 0 fully saturated rings. The summed E-state index contributed by atoms with van der Waals surface area (Å²) >= 11 is 14.1. The lowest BCUT2D eigenvalue weighted by molar-refractivity contribution is 0.102. The van der Waals surface area contributed by atoms with Crippen LogP contribution < -0.4 is 20.1 Å². The van der Waals surface area contributed by atoms with Crippen molar-refractivity contribution < 1.29 is 26.4 Å².